The maximum absolute atomic E-state index is 6.20. The van der Waals surface area contributed by atoms with E-state index in [1.165, 1.54) is 25.7 Å². The van der Waals surface area contributed by atoms with Crippen LogP contribution in [0.1, 0.15) is 46.0 Å². The minimum absolute atomic E-state index is 0.222. The molecule has 0 bridgehead atoms. The monoisotopic (exact) mass is 256 g/mol. The van der Waals surface area contributed by atoms with Crippen LogP contribution in [0.25, 0.3) is 0 Å². The molecule has 2 N–H and O–H groups in total. The second-order valence-corrected chi connectivity index (χ2v) is 6.17. The first kappa shape index (κ1) is 15.9. The van der Waals surface area contributed by atoms with Gasteiger partial charge in [-0.25, -0.2) is 0 Å². The molecular weight excluding hydrogens is 224 g/mol. The van der Waals surface area contributed by atoms with Crippen LogP contribution >= 0.6 is 0 Å². The van der Waals surface area contributed by atoms with Crippen LogP contribution in [0.2, 0.25) is 0 Å². The van der Waals surface area contributed by atoms with Crippen LogP contribution in [0.5, 0.6) is 0 Å². The third kappa shape index (κ3) is 3.46. The van der Waals surface area contributed by atoms with Gasteiger partial charge in [0.1, 0.15) is 0 Å². The lowest BCUT2D eigenvalue weighted by Crippen LogP contribution is -2.60. The minimum Gasteiger partial charge on any atom is -0.385 e. The molecule has 0 aromatic carbocycles. The van der Waals surface area contributed by atoms with Gasteiger partial charge in [-0.3, -0.25) is 4.90 Å². The molecule has 1 aliphatic rings. The Bertz CT molecular complexity index is 233. The molecule has 3 nitrogen and oxygen atoms in total. The molecule has 0 radical (unpaired) electrons. The highest BCUT2D eigenvalue weighted by Gasteiger charge is 2.43. The van der Waals surface area contributed by atoms with E-state index in [4.69, 9.17) is 10.5 Å². The number of hydrogen-bond donors (Lipinski definition) is 1. The first-order valence-electron chi connectivity index (χ1n) is 7.48. The highest BCUT2D eigenvalue weighted by Crippen LogP contribution is 2.41. The van der Waals surface area contributed by atoms with Crippen molar-refractivity contribution in [1.29, 1.82) is 0 Å². The Hall–Kier alpha value is -0.120. The van der Waals surface area contributed by atoms with Crippen LogP contribution in [0.4, 0.5) is 0 Å². The van der Waals surface area contributed by atoms with Crippen molar-refractivity contribution in [2.24, 2.45) is 17.6 Å². The molecule has 0 aromatic rings. The summed E-state index contributed by atoms with van der Waals surface area (Å²) >= 11 is 0. The fraction of sp³-hybridized carbons (Fsp3) is 1.00. The third-order valence-electron chi connectivity index (χ3n) is 4.83. The maximum Gasteiger partial charge on any atom is 0.0474 e. The number of nitrogens with zero attached hydrogens (tertiary/aromatic N) is 1. The van der Waals surface area contributed by atoms with Gasteiger partial charge in [-0.1, -0.05) is 26.7 Å². The molecule has 0 spiro atoms. The molecule has 1 rings (SSSR count). The highest BCUT2D eigenvalue weighted by molar-refractivity contribution is 4.99. The molecule has 2 atom stereocenters. The van der Waals surface area contributed by atoms with Crippen molar-refractivity contribution in [2.75, 3.05) is 33.9 Å². The number of hydrogen-bond acceptors (Lipinski definition) is 3. The van der Waals surface area contributed by atoms with E-state index >= 15 is 0 Å². The van der Waals surface area contributed by atoms with Gasteiger partial charge in [0.25, 0.3) is 0 Å². The summed E-state index contributed by atoms with van der Waals surface area (Å²) in [5.41, 5.74) is 6.42. The van der Waals surface area contributed by atoms with Gasteiger partial charge in [0, 0.05) is 32.3 Å². The summed E-state index contributed by atoms with van der Waals surface area (Å²) in [7, 11) is 4.03. The van der Waals surface area contributed by atoms with E-state index in [0.29, 0.717) is 0 Å². The molecule has 18 heavy (non-hydrogen) atoms. The van der Waals surface area contributed by atoms with E-state index in [1.54, 1.807) is 7.11 Å². The molecule has 1 aliphatic carbocycles. The summed E-state index contributed by atoms with van der Waals surface area (Å²) in [6.45, 7) is 7.43. The quantitative estimate of drug-likeness (QED) is 0.711. The van der Waals surface area contributed by atoms with Gasteiger partial charge < -0.3 is 10.5 Å². The molecule has 108 valence electrons. The lowest BCUT2D eigenvalue weighted by molar-refractivity contribution is -0.000530. The topological polar surface area (TPSA) is 38.5 Å². The SMILES string of the molecule is COCCCN(C)C1(CN)CCCCC1C(C)C. The predicted molar refractivity (Wildman–Crippen MR) is 77.7 cm³/mol. The molecule has 0 aliphatic heterocycles. The summed E-state index contributed by atoms with van der Waals surface area (Å²) in [4.78, 5) is 2.52. The molecular formula is C15H32N2O. The van der Waals surface area contributed by atoms with E-state index in [0.717, 1.165) is 38.0 Å². The van der Waals surface area contributed by atoms with Crippen LogP contribution in [0.15, 0.2) is 0 Å². The normalized spacial score (nSPS) is 29.2. The first-order chi connectivity index (χ1) is 8.58. The van der Waals surface area contributed by atoms with E-state index in [9.17, 15) is 0 Å². The molecule has 3 heteroatoms. The molecule has 0 aromatic heterocycles. The Morgan fingerprint density at radius 1 is 1.39 bits per heavy atom. The molecule has 0 amide bonds. The zero-order chi connectivity index (χ0) is 13.6. The van der Waals surface area contributed by atoms with Crippen molar-refractivity contribution in [2.45, 2.75) is 51.5 Å². The lowest BCUT2D eigenvalue weighted by atomic mass is 9.67. The van der Waals surface area contributed by atoms with E-state index in [2.05, 4.69) is 25.8 Å². The zero-order valence-electron chi connectivity index (χ0n) is 12.7. The van der Waals surface area contributed by atoms with Crippen molar-refractivity contribution < 1.29 is 4.74 Å². The molecule has 1 saturated carbocycles. The van der Waals surface area contributed by atoms with Gasteiger partial charge in [0.2, 0.25) is 0 Å². The van der Waals surface area contributed by atoms with Gasteiger partial charge in [-0.15, -0.1) is 0 Å². The van der Waals surface area contributed by atoms with Gasteiger partial charge >= 0.3 is 0 Å². The van der Waals surface area contributed by atoms with E-state index in [1.807, 2.05) is 0 Å². The number of rotatable bonds is 7. The van der Waals surface area contributed by atoms with Gasteiger partial charge in [-0.05, 0) is 38.1 Å². The van der Waals surface area contributed by atoms with Crippen molar-refractivity contribution in [3.8, 4) is 0 Å². The third-order valence-corrected chi connectivity index (χ3v) is 4.83. The van der Waals surface area contributed by atoms with Crippen molar-refractivity contribution in [3.63, 3.8) is 0 Å². The van der Waals surface area contributed by atoms with Crippen LogP contribution in [0, 0.1) is 11.8 Å². The second kappa shape index (κ2) is 7.46. The predicted octanol–water partition coefficient (Wildman–Crippen LogP) is 2.50. The van der Waals surface area contributed by atoms with Crippen molar-refractivity contribution in [1.82, 2.24) is 4.90 Å². The zero-order valence-corrected chi connectivity index (χ0v) is 12.7. The van der Waals surface area contributed by atoms with E-state index in [-0.39, 0.29) is 5.54 Å². The Balaban J connectivity index is 2.73. The number of methoxy groups -OCH3 is 1. The maximum atomic E-state index is 6.20. The summed E-state index contributed by atoms with van der Waals surface area (Å²) in [6.07, 6.45) is 6.39. The Kier molecular flexibility index (Phi) is 6.61. The molecule has 1 fully saturated rings. The summed E-state index contributed by atoms with van der Waals surface area (Å²) in [5.74, 6) is 1.46. The average molecular weight is 256 g/mol. The van der Waals surface area contributed by atoms with Gasteiger partial charge in [0.15, 0.2) is 0 Å². The minimum atomic E-state index is 0.222. The van der Waals surface area contributed by atoms with Crippen molar-refractivity contribution >= 4 is 0 Å². The number of nitrogens with two attached hydrogens (primary N) is 1. The highest BCUT2D eigenvalue weighted by atomic mass is 16.5. The first-order valence-corrected chi connectivity index (χ1v) is 7.48. The standard InChI is InChI=1S/C15H32N2O/c1-13(2)14-8-5-6-9-15(14,12-16)17(3)10-7-11-18-4/h13-14H,5-12,16H2,1-4H3. The Labute approximate surface area is 113 Å². The average Bonchev–Trinajstić information content (AvgIpc) is 2.38. The van der Waals surface area contributed by atoms with Crippen molar-refractivity contribution in [3.05, 3.63) is 0 Å². The Morgan fingerprint density at radius 2 is 2.11 bits per heavy atom. The molecule has 0 heterocycles. The van der Waals surface area contributed by atoms with Gasteiger partial charge in [0.05, 0.1) is 0 Å². The lowest BCUT2D eigenvalue weighted by Gasteiger charge is -2.51. The fourth-order valence-corrected chi connectivity index (χ4v) is 3.76. The van der Waals surface area contributed by atoms with Crippen LogP contribution in [0.3, 0.4) is 0 Å². The van der Waals surface area contributed by atoms with Crippen LogP contribution in [-0.4, -0.2) is 44.3 Å². The molecule has 0 saturated heterocycles. The smallest absolute Gasteiger partial charge is 0.0474 e. The summed E-state index contributed by atoms with van der Waals surface area (Å²) in [6, 6.07) is 0. The summed E-state index contributed by atoms with van der Waals surface area (Å²) in [5, 5.41) is 0. The Morgan fingerprint density at radius 3 is 2.67 bits per heavy atom. The second-order valence-electron chi connectivity index (χ2n) is 6.17. The van der Waals surface area contributed by atoms with Crippen LogP contribution < -0.4 is 5.73 Å². The van der Waals surface area contributed by atoms with Gasteiger partial charge in [-0.2, -0.15) is 0 Å². The van der Waals surface area contributed by atoms with Crippen LogP contribution in [-0.2, 0) is 4.74 Å². The number of likely N-dealkylation sites (N-methyl/N-ethyl adjacent to an activating group) is 1. The molecule has 2 unspecified atom stereocenters. The number of ether oxygens (including phenoxy) is 1. The largest absolute Gasteiger partial charge is 0.385 e. The fourth-order valence-electron chi connectivity index (χ4n) is 3.76. The summed E-state index contributed by atoms with van der Waals surface area (Å²) < 4.78 is 5.16. The van der Waals surface area contributed by atoms with E-state index < -0.39 is 0 Å².